The molecule has 0 unspecified atom stereocenters. The van der Waals surface area contributed by atoms with Crippen LogP contribution in [0.1, 0.15) is 27.9 Å². The van der Waals surface area contributed by atoms with Crippen molar-refractivity contribution in [2.24, 2.45) is 0 Å². The van der Waals surface area contributed by atoms with Crippen molar-refractivity contribution in [3.8, 4) is 6.01 Å². The fraction of sp³-hybridized carbons (Fsp3) is 0.267. The average molecular weight is 558 g/mol. The number of likely N-dealkylation sites (N-methyl/N-ethyl adjacent to an activating group) is 1. The van der Waals surface area contributed by atoms with Crippen LogP contribution in [-0.2, 0) is 13.2 Å². The van der Waals surface area contributed by atoms with Gasteiger partial charge in [0.05, 0.1) is 0 Å². The number of halogens is 1. The van der Waals surface area contributed by atoms with Crippen molar-refractivity contribution in [2.75, 3.05) is 43.9 Å². The largest absolute Gasteiger partial charge is 0.458 e. The number of hydrogen-bond donors (Lipinski definition) is 2. The molecule has 1 aliphatic rings. The Hall–Kier alpha value is -4.21. The Labute approximate surface area is 239 Å². The van der Waals surface area contributed by atoms with E-state index in [0.29, 0.717) is 35.6 Å². The molecule has 1 aliphatic heterocycles. The molecule has 0 spiro atoms. The number of carbonyl (C=O) groups excluding carboxylic acids is 1. The quantitative estimate of drug-likeness (QED) is 0.288. The van der Waals surface area contributed by atoms with E-state index >= 15 is 0 Å². The molecular weight excluding hydrogens is 526 g/mol. The first-order chi connectivity index (χ1) is 19.5. The highest BCUT2D eigenvalue weighted by Gasteiger charge is 2.19. The summed E-state index contributed by atoms with van der Waals surface area (Å²) in [6.07, 6.45) is 0.977. The molecule has 0 radical (unpaired) electrons. The third-order valence-electron chi connectivity index (χ3n) is 6.58. The van der Waals surface area contributed by atoms with Crippen molar-refractivity contribution in [3.63, 3.8) is 0 Å². The van der Waals surface area contributed by atoms with Crippen LogP contribution in [0.3, 0.4) is 0 Å². The number of aromatic nitrogens is 3. The molecule has 0 atom stereocenters. The van der Waals surface area contributed by atoms with Crippen LogP contribution in [0.25, 0.3) is 0 Å². The number of rotatable bonds is 9. The molecule has 0 bridgehead atoms. The predicted molar refractivity (Wildman–Crippen MR) is 157 cm³/mol. The molecule has 1 aromatic heterocycles. The standard InChI is InChI=1S/C30H32ClN7O2/c1-37-16-5-17-38(19-18-37)27(39)24-10-14-26(15-11-24)33-29-34-28(32-20-22-8-12-25(31)13-9-22)35-30(36-29)40-21-23-6-3-2-4-7-23/h2-4,6-15H,5,16-21H2,1H3,(H2,32,33,34,35,36). The zero-order valence-electron chi connectivity index (χ0n) is 22.4. The van der Waals surface area contributed by atoms with Crippen molar-refractivity contribution in [1.82, 2.24) is 24.8 Å². The van der Waals surface area contributed by atoms with Crippen LogP contribution in [0.15, 0.2) is 78.9 Å². The van der Waals surface area contributed by atoms with E-state index in [-0.39, 0.29) is 11.9 Å². The highest BCUT2D eigenvalue weighted by atomic mass is 35.5. The van der Waals surface area contributed by atoms with Gasteiger partial charge in [0.25, 0.3) is 5.91 Å². The topological polar surface area (TPSA) is 95.5 Å². The molecule has 9 nitrogen and oxygen atoms in total. The maximum atomic E-state index is 13.0. The Morgan fingerprint density at radius 2 is 1.60 bits per heavy atom. The van der Waals surface area contributed by atoms with Crippen LogP contribution in [-0.4, -0.2) is 63.9 Å². The summed E-state index contributed by atoms with van der Waals surface area (Å²) in [4.78, 5) is 30.7. The second kappa shape index (κ2) is 13.2. The van der Waals surface area contributed by atoms with Crippen LogP contribution in [0.5, 0.6) is 6.01 Å². The van der Waals surface area contributed by atoms with E-state index in [1.54, 1.807) is 0 Å². The van der Waals surface area contributed by atoms with Gasteiger partial charge in [-0.3, -0.25) is 4.79 Å². The molecule has 4 aromatic rings. The highest BCUT2D eigenvalue weighted by Crippen LogP contribution is 2.20. The molecule has 0 saturated carbocycles. The van der Waals surface area contributed by atoms with Crippen molar-refractivity contribution in [3.05, 3.63) is 101 Å². The average Bonchev–Trinajstić information content (AvgIpc) is 3.20. The Morgan fingerprint density at radius 3 is 2.38 bits per heavy atom. The van der Waals surface area contributed by atoms with Gasteiger partial charge >= 0.3 is 6.01 Å². The second-order valence-electron chi connectivity index (χ2n) is 9.67. The first kappa shape index (κ1) is 27.4. The van der Waals surface area contributed by atoms with Gasteiger partial charge in [-0.05, 0) is 67.5 Å². The van der Waals surface area contributed by atoms with E-state index < -0.39 is 0 Å². The number of hydrogen-bond acceptors (Lipinski definition) is 8. The van der Waals surface area contributed by atoms with Crippen molar-refractivity contribution in [1.29, 1.82) is 0 Å². The summed E-state index contributed by atoms with van der Waals surface area (Å²) in [5.74, 6) is 0.743. The molecule has 1 saturated heterocycles. The zero-order chi connectivity index (χ0) is 27.7. The number of amides is 1. The summed E-state index contributed by atoms with van der Waals surface area (Å²) in [5.41, 5.74) is 3.44. The fourth-order valence-corrected chi connectivity index (χ4v) is 4.44. The van der Waals surface area contributed by atoms with Crippen LogP contribution in [0, 0.1) is 0 Å². The number of nitrogens with zero attached hydrogens (tertiary/aromatic N) is 5. The molecule has 1 amide bonds. The number of nitrogens with one attached hydrogen (secondary N) is 2. The lowest BCUT2D eigenvalue weighted by Gasteiger charge is -2.20. The highest BCUT2D eigenvalue weighted by molar-refractivity contribution is 6.30. The molecule has 3 aromatic carbocycles. The monoisotopic (exact) mass is 557 g/mol. The number of anilines is 3. The summed E-state index contributed by atoms with van der Waals surface area (Å²) < 4.78 is 5.90. The number of ether oxygens (including phenoxy) is 1. The number of carbonyl (C=O) groups is 1. The van der Waals surface area contributed by atoms with Gasteiger partial charge in [0.2, 0.25) is 11.9 Å². The minimum absolute atomic E-state index is 0.0484. The Morgan fingerprint density at radius 1 is 0.850 bits per heavy atom. The van der Waals surface area contributed by atoms with E-state index in [4.69, 9.17) is 16.3 Å². The van der Waals surface area contributed by atoms with Gasteiger partial charge in [-0.2, -0.15) is 15.0 Å². The lowest BCUT2D eigenvalue weighted by atomic mass is 10.1. The molecule has 1 fully saturated rings. The summed E-state index contributed by atoms with van der Waals surface area (Å²) >= 11 is 6.01. The first-order valence-corrected chi connectivity index (χ1v) is 13.7. The van der Waals surface area contributed by atoms with Crippen molar-refractivity contribution < 1.29 is 9.53 Å². The minimum atomic E-state index is 0.0484. The van der Waals surface area contributed by atoms with Crippen LogP contribution in [0.2, 0.25) is 5.02 Å². The maximum Gasteiger partial charge on any atom is 0.323 e. The third kappa shape index (κ3) is 7.68. The smallest absolute Gasteiger partial charge is 0.323 e. The van der Waals surface area contributed by atoms with Crippen molar-refractivity contribution in [2.45, 2.75) is 19.6 Å². The van der Waals surface area contributed by atoms with Gasteiger partial charge in [0.1, 0.15) is 6.61 Å². The molecule has 2 N–H and O–H groups in total. The van der Waals surface area contributed by atoms with E-state index in [2.05, 4.69) is 37.5 Å². The van der Waals surface area contributed by atoms with Gasteiger partial charge < -0.3 is 25.2 Å². The third-order valence-corrected chi connectivity index (χ3v) is 6.84. The molecule has 40 heavy (non-hydrogen) atoms. The summed E-state index contributed by atoms with van der Waals surface area (Å²) in [5, 5.41) is 7.13. The maximum absolute atomic E-state index is 13.0. The van der Waals surface area contributed by atoms with Gasteiger partial charge in [-0.25, -0.2) is 0 Å². The normalized spacial score (nSPS) is 13.9. The predicted octanol–water partition coefficient (Wildman–Crippen LogP) is 5.24. The van der Waals surface area contributed by atoms with Gasteiger partial charge in [-0.1, -0.05) is 54.1 Å². The van der Waals surface area contributed by atoms with Crippen LogP contribution >= 0.6 is 11.6 Å². The van der Waals surface area contributed by atoms with Crippen LogP contribution < -0.4 is 15.4 Å². The van der Waals surface area contributed by atoms with Crippen molar-refractivity contribution >= 4 is 35.1 Å². The number of benzene rings is 3. The van der Waals surface area contributed by atoms with Gasteiger partial charge in [-0.15, -0.1) is 0 Å². The molecular formula is C30H32ClN7O2. The Kier molecular flexibility index (Phi) is 9.05. The van der Waals surface area contributed by atoms with E-state index in [9.17, 15) is 4.79 Å². The zero-order valence-corrected chi connectivity index (χ0v) is 23.1. The molecule has 10 heteroatoms. The van der Waals surface area contributed by atoms with E-state index in [1.165, 1.54) is 0 Å². The van der Waals surface area contributed by atoms with E-state index in [1.807, 2.05) is 83.8 Å². The Bertz CT molecular complexity index is 1400. The first-order valence-electron chi connectivity index (χ1n) is 13.3. The molecule has 5 rings (SSSR count). The summed E-state index contributed by atoms with van der Waals surface area (Å²) in [6, 6.07) is 24.9. The Balaban J connectivity index is 1.29. The van der Waals surface area contributed by atoms with Gasteiger partial charge in [0.15, 0.2) is 0 Å². The molecule has 0 aliphatic carbocycles. The van der Waals surface area contributed by atoms with E-state index in [0.717, 1.165) is 49.4 Å². The van der Waals surface area contributed by atoms with Gasteiger partial charge in [0, 0.05) is 42.5 Å². The van der Waals surface area contributed by atoms with Crippen LogP contribution in [0.4, 0.5) is 17.6 Å². The molecule has 2 heterocycles. The SMILES string of the molecule is CN1CCCN(C(=O)c2ccc(Nc3nc(NCc4ccc(Cl)cc4)nc(OCc4ccccc4)n3)cc2)CC1. The lowest BCUT2D eigenvalue weighted by Crippen LogP contribution is -2.34. The minimum Gasteiger partial charge on any atom is -0.458 e. The summed E-state index contributed by atoms with van der Waals surface area (Å²) in [7, 11) is 2.09. The summed E-state index contributed by atoms with van der Waals surface area (Å²) in [6.45, 7) is 4.22. The fourth-order valence-electron chi connectivity index (χ4n) is 4.32. The second-order valence-corrected chi connectivity index (χ2v) is 10.1. The lowest BCUT2D eigenvalue weighted by molar-refractivity contribution is 0.0763. The molecule has 206 valence electrons.